The molecule has 1 heterocycles. The van der Waals surface area contributed by atoms with E-state index in [9.17, 15) is 0 Å². The van der Waals surface area contributed by atoms with Gasteiger partial charge in [0.05, 0.1) is 0 Å². The van der Waals surface area contributed by atoms with Crippen LogP contribution in [0.2, 0.25) is 0 Å². The summed E-state index contributed by atoms with van der Waals surface area (Å²) in [5.41, 5.74) is 7.95. The number of benzene rings is 4. The maximum Gasteiger partial charge on any atom is 0.151 e. The molecule has 1 aliphatic heterocycles. The Morgan fingerprint density at radius 1 is 0.667 bits per heavy atom. The zero-order chi connectivity index (χ0) is 26.2. The van der Waals surface area contributed by atoms with Gasteiger partial charge in [-0.1, -0.05) is 84.4 Å². The lowest BCUT2D eigenvalue weighted by atomic mass is 9.47. The quantitative estimate of drug-likeness (QED) is 0.271. The van der Waals surface area contributed by atoms with Crippen molar-refractivity contribution in [2.24, 2.45) is 17.8 Å². The Bertz CT molecular complexity index is 1530. The predicted octanol–water partition coefficient (Wildman–Crippen LogP) is 9.17. The molecular formula is C37H36O2. The van der Waals surface area contributed by atoms with Gasteiger partial charge in [0.2, 0.25) is 0 Å². The highest BCUT2D eigenvalue weighted by Gasteiger charge is 2.54. The third-order valence-electron chi connectivity index (χ3n) is 10.4. The van der Waals surface area contributed by atoms with E-state index in [0.29, 0.717) is 0 Å². The first-order chi connectivity index (χ1) is 19.1. The van der Waals surface area contributed by atoms with Gasteiger partial charge in [-0.05, 0) is 91.9 Å². The average Bonchev–Trinajstić information content (AvgIpc) is 2.96. The fourth-order valence-electron chi connectivity index (χ4n) is 9.36. The zero-order valence-corrected chi connectivity index (χ0v) is 23.0. The van der Waals surface area contributed by atoms with Gasteiger partial charge < -0.3 is 9.47 Å². The second kappa shape index (κ2) is 8.57. The van der Waals surface area contributed by atoms with E-state index in [-0.39, 0.29) is 5.41 Å². The highest BCUT2D eigenvalue weighted by molar-refractivity contribution is 5.74. The fraction of sp³-hybridized carbons (Fsp3) is 0.351. The molecular weight excluding hydrogens is 476 g/mol. The molecule has 0 amide bonds. The Morgan fingerprint density at radius 2 is 1.26 bits per heavy atom. The molecule has 1 atom stereocenters. The Balaban J connectivity index is 1.42. The van der Waals surface area contributed by atoms with Crippen LogP contribution in [0.3, 0.4) is 0 Å². The fourth-order valence-corrected chi connectivity index (χ4v) is 9.36. The number of fused-ring (bicyclic) bond motifs is 2. The van der Waals surface area contributed by atoms with Gasteiger partial charge in [0.15, 0.2) is 5.60 Å². The van der Waals surface area contributed by atoms with Crippen molar-refractivity contribution in [2.75, 3.05) is 7.11 Å². The van der Waals surface area contributed by atoms with Crippen LogP contribution in [0.15, 0.2) is 91.0 Å². The van der Waals surface area contributed by atoms with Crippen LogP contribution in [0.4, 0.5) is 0 Å². The van der Waals surface area contributed by atoms with E-state index >= 15 is 0 Å². The average molecular weight is 513 g/mol. The normalized spacial score (nSPS) is 29.9. The minimum absolute atomic E-state index is 0.218. The molecule has 4 fully saturated rings. The Hall–Kier alpha value is -3.36. The maximum absolute atomic E-state index is 7.00. The molecule has 2 heteroatoms. The molecule has 1 unspecified atom stereocenters. The zero-order valence-electron chi connectivity index (χ0n) is 23.0. The topological polar surface area (TPSA) is 18.5 Å². The lowest BCUT2D eigenvalue weighted by Crippen LogP contribution is -2.49. The molecule has 9 rings (SSSR count). The minimum Gasteiger partial charge on any atom is -0.456 e. The SMILES string of the molecule is COC1(c2ccccc2-c2ccccc2)c2ccccc2Oc2c(C34CC5CC(CC(C5)C3)C4)cc(C)cc21. The predicted molar refractivity (Wildman–Crippen MR) is 156 cm³/mol. The number of para-hydroxylation sites is 1. The van der Waals surface area contributed by atoms with E-state index in [4.69, 9.17) is 9.47 Å². The third-order valence-corrected chi connectivity index (χ3v) is 10.4. The van der Waals surface area contributed by atoms with E-state index in [1.807, 2.05) is 7.11 Å². The molecule has 0 aromatic heterocycles. The van der Waals surface area contributed by atoms with Crippen molar-refractivity contribution in [3.05, 3.63) is 119 Å². The van der Waals surface area contributed by atoms with Crippen molar-refractivity contribution in [1.29, 1.82) is 0 Å². The van der Waals surface area contributed by atoms with Crippen molar-refractivity contribution >= 4 is 0 Å². The first-order valence-electron chi connectivity index (χ1n) is 14.7. The van der Waals surface area contributed by atoms with Gasteiger partial charge in [-0.3, -0.25) is 0 Å². The number of hydrogen-bond acceptors (Lipinski definition) is 2. The van der Waals surface area contributed by atoms with Crippen LogP contribution in [0.5, 0.6) is 11.5 Å². The summed E-state index contributed by atoms with van der Waals surface area (Å²) in [6, 6.07) is 32.8. The lowest BCUT2D eigenvalue weighted by Gasteiger charge is -2.57. The van der Waals surface area contributed by atoms with E-state index in [2.05, 4.69) is 97.9 Å². The summed E-state index contributed by atoms with van der Waals surface area (Å²) in [4.78, 5) is 0. The second-order valence-electron chi connectivity index (χ2n) is 12.8. The van der Waals surface area contributed by atoms with E-state index in [1.54, 1.807) is 0 Å². The Labute approximate surface area is 232 Å². The molecule has 0 N–H and O–H groups in total. The molecule has 2 nitrogen and oxygen atoms in total. The Kier molecular flexibility index (Phi) is 5.17. The molecule has 39 heavy (non-hydrogen) atoms. The van der Waals surface area contributed by atoms with Gasteiger partial charge in [0.1, 0.15) is 11.5 Å². The van der Waals surface area contributed by atoms with Gasteiger partial charge in [0, 0.05) is 29.4 Å². The summed E-state index contributed by atoms with van der Waals surface area (Å²) in [6.45, 7) is 2.26. The van der Waals surface area contributed by atoms with Crippen molar-refractivity contribution < 1.29 is 9.47 Å². The summed E-state index contributed by atoms with van der Waals surface area (Å²) in [6.07, 6.45) is 8.22. The van der Waals surface area contributed by atoms with Gasteiger partial charge in [-0.25, -0.2) is 0 Å². The molecule has 0 radical (unpaired) electrons. The van der Waals surface area contributed by atoms with Crippen LogP contribution in [-0.4, -0.2) is 7.11 Å². The lowest BCUT2D eigenvalue weighted by molar-refractivity contribution is -0.00684. The number of aryl methyl sites for hydroxylation is 1. The molecule has 5 aliphatic rings. The summed E-state index contributed by atoms with van der Waals surface area (Å²) in [5, 5.41) is 0. The summed E-state index contributed by atoms with van der Waals surface area (Å²) in [7, 11) is 1.88. The summed E-state index contributed by atoms with van der Waals surface area (Å²) >= 11 is 0. The van der Waals surface area contributed by atoms with E-state index in [1.165, 1.54) is 60.8 Å². The molecule has 0 saturated heterocycles. The Morgan fingerprint density at radius 3 is 1.95 bits per heavy atom. The first-order valence-corrected chi connectivity index (χ1v) is 14.7. The number of hydrogen-bond donors (Lipinski definition) is 0. The molecule has 196 valence electrons. The molecule has 4 aromatic rings. The van der Waals surface area contributed by atoms with Crippen molar-refractivity contribution in [1.82, 2.24) is 0 Å². The molecule has 4 aromatic carbocycles. The van der Waals surface area contributed by atoms with Gasteiger partial charge >= 0.3 is 0 Å². The smallest absolute Gasteiger partial charge is 0.151 e. The number of ether oxygens (including phenoxy) is 2. The van der Waals surface area contributed by atoms with Crippen LogP contribution in [0.25, 0.3) is 11.1 Å². The first kappa shape index (κ1) is 23.5. The molecule has 4 saturated carbocycles. The van der Waals surface area contributed by atoms with Crippen molar-refractivity contribution in [2.45, 2.75) is 56.5 Å². The largest absolute Gasteiger partial charge is 0.456 e. The van der Waals surface area contributed by atoms with Crippen LogP contribution < -0.4 is 4.74 Å². The van der Waals surface area contributed by atoms with Crippen LogP contribution >= 0.6 is 0 Å². The maximum atomic E-state index is 7.00. The standard InChI is InChI=1S/C37H36O2/c1-24-16-32(36-21-25-18-26(22-36)20-27(19-25)23-36)35-33(17-24)37(38-2,31-14-8-9-15-34(31)39-35)30-13-7-6-12-29(30)28-10-4-3-5-11-28/h3-17,25-27H,18-23H2,1-2H3. The third kappa shape index (κ3) is 3.37. The van der Waals surface area contributed by atoms with Gasteiger partial charge in [0.25, 0.3) is 0 Å². The van der Waals surface area contributed by atoms with Crippen LogP contribution in [0, 0.1) is 24.7 Å². The van der Waals surface area contributed by atoms with E-state index in [0.717, 1.165) is 45.9 Å². The highest BCUT2D eigenvalue weighted by Crippen LogP contribution is 2.64. The van der Waals surface area contributed by atoms with Crippen LogP contribution in [-0.2, 0) is 15.8 Å². The van der Waals surface area contributed by atoms with Gasteiger partial charge in [-0.15, -0.1) is 0 Å². The highest BCUT2D eigenvalue weighted by atomic mass is 16.5. The molecule has 0 spiro atoms. The van der Waals surface area contributed by atoms with E-state index < -0.39 is 5.60 Å². The van der Waals surface area contributed by atoms with Crippen molar-refractivity contribution in [3.63, 3.8) is 0 Å². The summed E-state index contributed by atoms with van der Waals surface area (Å²) < 4.78 is 13.8. The summed E-state index contributed by atoms with van der Waals surface area (Å²) in [5.74, 6) is 4.56. The molecule has 4 aliphatic carbocycles. The van der Waals surface area contributed by atoms with Crippen LogP contribution in [0.1, 0.15) is 66.3 Å². The molecule has 4 bridgehead atoms. The monoisotopic (exact) mass is 512 g/mol. The second-order valence-corrected chi connectivity index (χ2v) is 12.8. The van der Waals surface area contributed by atoms with Crippen molar-refractivity contribution in [3.8, 4) is 22.6 Å². The number of rotatable bonds is 4. The minimum atomic E-state index is -0.778. The number of methoxy groups -OCH3 is 1. The van der Waals surface area contributed by atoms with Gasteiger partial charge in [-0.2, -0.15) is 0 Å².